The second-order valence-electron chi connectivity index (χ2n) is 5.71. The van der Waals surface area contributed by atoms with E-state index in [1.54, 1.807) is 0 Å². The van der Waals surface area contributed by atoms with Gasteiger partial charge in [0.05, 0.1) is 17.4 Å². The third-order valence-electron chi connectivity index (χ3n) is 3.71. The van der Waals surface area contributed by atoms with Crippen LogP contribution in [0.15, 0.2) is 18.2 Å². The first kappa shape index (κ1) is 16.1. The summed E-state index contributed by atoms with van der Waals surface area (Å²) in [6.45, 7) is 4.58. The number of hydrogen-bond acceptors (Lipinski definition) is 2. The van der Waals surface area contributed by atoms with E-state index in [1.165, 1.54) is 0 Å². The number of ether oxygens (including phenoxy) is 1. The average Bonchev–Trinajstić information content (AvgIpc) is 2.40. The van der Waals surface area contributed by atoms with E-state index >= 15 is 0 Å². The van der Waals surface area contributed by atoms with Crippen LogP contribution in [0, 0.1) is 11.7 Å². The van der Waals surface area contributed by atoms with Gasteiger partial charge in [-0.2, -0.15) is 13.2 Å². The van der Waals surface area contributed by atoms with Crippen LogP contribution in [0.3, 0.4) is 0 Å². The van der Waals surface area contributed by atoms with E-state index in [0.717, 1.165) is 18.2 Å². The van der Waals surface area contributed by atoms with E-state index in [-0.39, 0.29) is 17.8 Å². The van der Waals surface area contributed by atoms with E-state index in [2.05, 4.69) is 5.32 Å². The summed E-state index contributed by atoms with van der Waals surface area (Å²) in [6, 6.07) is 2.35. The van der Waals surface area contributed by atoms with Crippen LogP contribution >= 0.6 is 0 Å². The molecule has 0 amide bonds. The van der Waals surface area contributed by atoms with Crippen molar-refractivity contribution in [3.8, 4) is 0 Å². The van der Waals surface area contributed by atoms with E-state index in [9.17, 15) is 17.6 Å². The van der Waals surface area contributed by atoms with Crippen molar-refractivity contribution < 1.29 is 22.3 Å². The molecule has 0 aromatic heterocycles. The minimum Gasteiger partial charge on any atom is -0.380 e. The van der Waals surface area contributed by atoms with Gasteiger partial charge in [-0.25, -0.2) is 4.39 Å². The van der Waals surface area contributed by atoms with E-state index in [0.29, 0.717) is 25.4 Å². The van der Waals surface area contributed by atoms with Crippen molar-refractivity contribution in [3.63, 3.8) is 0 Å². The fourth-order valence-electron chi connectivity index (χ4n) is 2.46. The normalized spacial score (nSPS) is 23.4. The van der Waals surface area contributed by atoms with Gasteiger partial charge in [-0.15, -0.1) is 0 Å². The van der Waals surface area contributed by atoms with Crippen LogP contribution < -0.4 is 5.32 Å². The van der Waals surface area contributed by atoms with Gasteiger partial charge in [-0.1, -0.05) is 13.8 Å². The fraction of sp³-hybridized carbons (Fsp3) is 0.600. The van der Waals surface area contributed by atoms with Crippen LogP contribution in [0.25, 0.3) is 0 Å². The van der Waals surface area contributed by atoms with Crippen molar-refractivity contribution in [2.75, 3.05) is 11.9 Å². The highest BCUT2D eigenvalue weighted by molar-refractivity contribution is 5.48. The number of anilines is 1. The zero-order valence-corrected chi connectivity index (χ0v) is 12.0. The number of rotatable bonds is 3. The predicted octanol–water partition coefficient (Wildman–Crippen LogP) is 4.46. The minimum atomic E-state index is -4.47. The summed E-state index contributed by atoms with van der Waals surface area (Å²) in [6.07, 6.45) is -3.11. The summed E-state index contributed by atoms with van der Waals surface area (Å²) in [5.41, 5.74) is -0.946. The van der Waals surface area contributed by atoms with Crippen molar-refractivity contribution in [2.45, 2.75) is 45.0 Å². The second-order valence-corrected chi connectivity index (χ2v) is 5.71. The summed E-state index contributed by atoms with van der Waals surface area (Å²) in [4.78, 5) is 0. The van der Waals surface area contributed by atoms with Crippen molar-refractivity contribution >= 4 is 5.69 Å². The summed E-state index contributed by atoms with van der Waals surface area (Å²) < 4.78 is 57.3. The molecule has 0 bridgehead atoms. The summed E-state index contributed by atoms with van der Waals surface area (Å²) >= 11 is 0. The molecular weight excluding hydrogens is 286 g/mol. The highest BCUT2D eigenvalue weighted by Gasteiger charge is 2.32. The van der Waals surface area contributed by atoms with Gasteiger partial charge in [0.1, 0.15) is 5.82 Å². The Morgan fingerprint density at radius 1 is 1.29 bits per heavy atom. The summed E-state index contributed by atoms with van der Waals surface area (Å²) in [7, 11) is 0. The van der Waals surface area contributed by atoms with Gasteiger partial charge in [0.15, 0.2) is 0 Å². The third kappa shape index (κ3) is 4.09. The van der Waals surface area contributed by atoms with Crippen LogP contribution in [0.1, 0.15) is 32.3 Å². The second kappa shape index (κ2) is 6.22. The monoisotopic (exact) mass is 305 g/mol. The van der Waals surface area contributed by atoms with Gasteiger partial charge in [-0.05, 0) is 37.0 Å². The molecule has 1 saturated heterocycles. The van der Waals surface area contributed by atoms with Gasteiger partial charge >= 0.3 is 6.18 Å². The maximum absolute atomic E-state index is 13.7. The lowest BCUT2D eigenvalue weighted by molar-refractivity contribution is -0.137. The molecule has 2 nitrogen and oxygen atoms in total. The smallest absolute Gasteiger partial charge is 0.380 e. The van der Waals surface area contributed by atoms with Gasteiger partial charge in [-0.3, -0.25) is 0 Å². The Hall–Kier alpha value is -1.30. The molecule has 2 unspecified atom stereocenters. The Bertz CT molecular complexity index is 487. The lowest BCUT2D eigenvalue weighted by atomic mass is 9.95. The largest absolute Gasteiger partial charge is 0.416 e. The van der Waals surface area contributed by atoms with Crippen LogP contribution in [0.2, 0.25) is 0 Å². The number of benzene rings is 1. The van der Waals surface area contributed by atoms with Gasteiger partial charge < -0.3 is 10.1 Å². The van der Waals surface area contributed by atoms with Crippen LogP contribution in [0.5, 0.6) is 0 Å². The predicted molar refractivity (Wildman–Crippen MR) is 72.6 cm³/mol. The molecule has 2 atom stereocenters. The van der Waals surface area contributed by atoms with Gasteiger partial charge in [0.25, 0.3) is 0 Å². The van der Waals surface area contributed by atoms with Crippen LogP contribution in [-0.2, 0) is 10.9 Å². The molecule has 2 rings (SSSR count). The highest BCUT2D eigenvalue weighted by atomic mass is 19.4. The molecule has 1 aliphatic rings. The molecule has 0 radical (unpaired) electrons. The molecule has 1 aliphatic heterocycles. The average molecular weight is 305 g/mol. The molecule has 1 aromatic carbocycles. The first-order valence-electron chi connectivity index (χ1n) is 7.02. The highest BCUT2D eigenvalue weighted by Crippen LogP contribution is 2.32. The van der Waals surface area contributed by atoms with E-state index < -0.39 is 17.6 Å². The first-order valence-corrected chi connectivity index (χ1v) is 7.02. The zero-order valence-electron chi connectivity index (χ0n) is 12.0. The molecule has 1 N–H and O–H groups in total. The van der Waals surface area contributed by atoms with Crippen LogP contribution in [0.4, 0.5) is 23.2 Å². The van der Waals surface area contributed by atoms with E-state index in [4.69, 9.17) is 4.74 Å². The topological polar surface area (TPSA) is 21.3 Å². The molecule has 0 spiro atoms. The summed E-state index contributed by atoms with van der Waals surface area (Å²) in [5.74, 6) is -0.350. The van der Waals surface area contributed by atoms with Crippen molar-refractivity contribution in [2.24, 2.45) is 5.92 Å². The van der Waals surface area contributed by atoms with Crippen molar-refractivity contribution in [1.29, 1.82) is 0 Å². The zero-order chi connectivity index (χ0) is 15.6. The molecule has 118 valence electrons. The Kier molecular flexibility index (Phi) is 4.76. The standard InChI is InChI=1S/C15H19F4NO/c1-9(2)14-8-11(5-6-21-14)20-13-7-10(15(17,18)19)3-4-12(13)16/h3-4,7,9,11,14,20H,5-6,8H2,1-2H3. The fourth-order valence-corrected chi connectivity index (χ4v) is 2.46. The first-order chi connectivity index (χ1) is 9.77. The quantitative estimate of drug-likeness (QED) is 0.833. The molecule has 1 heterocycles. The lowest BCUT2D eigenvalue weighted by Crippen LogP contribution is -2.36. The molecule has 21 heavy (non-hydrogen) atoms. The number of halogens is 4. The maximum Gasteiger partial charge on any atom is 0.416 e. The molecule has 0 aliphatic carbocycles. The SMILES string of the molecule is CC(C)C1CC(Nc2cc(C(F)(F)F)ccc2F)CCO1. The maximum atomic E-state index is 13.7. The molecule has 6 heteroatoms. The molecule has 1 fully saturated rings. The minimum absolute atomic E-state index is 0.0464. The Labute approximate surface area is 121 Å². The van der Waals surface area contributed by atoms with Gasteiger partial charge in [0, 0.05) is 12.6 Å². The molecular formula is C15H19F4NO. The lowest BCUT2D eigenvalue weighted by Gasteiger charge is -2.33. The number of nitrogens with one attached hydrogen (secondary N) is 1. The van der Waals surface area contributed by atoms with Gasteiger partial charge in [0.2, 0.25) is 0 Å². The number of alkyl halides is 3. The van der Waals surface area contributed by atoms with Crippen molar-refractivity contribution in [1.82, 2.24) is 0 Å². The third-order valence-corrected chi connectivity index (χ3v) is 3.71. The summed E-state index contributed by atoms with van der Waals surface area (Å²) in [5, 5.41) is 2.89. The number of hydrogen-bond donors (Lipinski definition) is 1. The van der Waals surface area contributed by atoms with Crippen molar-refractivity contribution in [3.05, 3.63) is 29.6 Å². The Morgan fingerprint density at radius 2 is 2.00 bits per heavy atom. The molecule has 1 aromatic rings. The Morgan fingerprint density at radius 3 is 2.62 bits per heavy atom. The van der Waals surface area contributed by atoms with Crippen LogP contribution in [-0.4, -0.2) is 18.8 Å². The Balaban J connectivity index is 2.12. The van der Waals surface area contributed by atoms with E-state index in [1.807, 2.05) is 13.8 Å². The molecule has 0 saturated carbocycles.